The van der Waals surface area contributed by atoms with E-state index in [-0.39, 0.29) is 10.8 Å². The average Bonchev–Trinajstić information content (AvgIpc) is 2.59. The van der Waals surface area contributed by atoms with Gasteiger partial charge in [0.05, 0.1) is 11.9 Å². The maximum atomic E-state index is 12.8. The number of amides is 1. The van der Waals surface area contributed by atoms with Gasteiger partial charge in [-0.1, -0.05) is 19.9 Å². The minimum atomic E-state index is -3.55. The highest BCUT2D eigenvalue weighted by Gasteiger charge is 2.25. The minimum Gasteiger partial charge on any atom is -0.328 e. The number of nitrogens with one attached hydrogen (secondary N) is 3. The number of piperazine rings is 1. The van der Waals surface area contributed by atoms with Crippen LogP contribution >= 0.6 is 0 Å². The van der Waals surface area contributed by atoms with Gasteiger partial charge in [0.15, 0.2) is 6.54 Å². The first kappa shape index (κ1) is 20.8. The maximum absolute atomic E-state index is 12.8. The van der Waals surface area contributed by atoms with Crippen LogP contribution in [0.5, 0.6) is 0 Å². The summed E-state index contributed by atoms with van der Waals surface area (Å²) in [6, 6.07) is 5.08. The Hall–Kier alpha value is -1.48. The van der Waals surface area contributed by atoms with Gasteiger partial charge in [-0.3, -0.25) is 4.79 Å². The van der Waals surface area contributed by atoms with Crippen LogP contribution in [0.15, 0.2) is 23.1 Å². The van der Waals surface area contributed by atoms with Crippen LogP contribution in [0, 0.1) is 6.92 Å². The minimum absolute atomic E-state index is 0.0745. The zero-order valence-electron chi connectivity index (χ0n) is 16.3. The summed E-state index contributed by atoms with van der Waals surface area (Å²) in [5.41, 5.74) is 1.22. The molecule has 8 heteroatoms. The Balaban J connectivity index is 2.10. The van der Waals surface area contributed by atoms with Crippen LogP contribution in [0.2, 0.25) is 0 Å². The lowest BCUT2D eigenvalue weighted by Gasteiger charge is -2.26. The zero-order chi connectivity index (χ0) is 19.3. The molecule has 2 rings (SSSR count). The Morgan fingerprint density at radius 2 is 1.77 bits per heavy atom. The highest BCUT2D eigenvalue weighted by Crippen LogP contribution is 2.23. The van der Waals surface area contributed by atoms with Crippen LogP contribution < -0.4 is 15.1 Å². The van der Waals surface area contributed by atoms with E-state index in [9.17, 15) is 13.2 Å². The summed E-state index contributed by atoms with van der Waals surface area (Å²) in [7, 11) is -1.38. The van der Waals surface area contributed by atoms with Crippen molar-refractivity contribution in [3.05, 3.63) is 23.8 Å². The van der Waals surface area contributed by atoms with Gasteiger partial charge >= 0.3 is 0 Å². The van der Waals surface area contributed by atoms with Gasteiger partial charge in [0, 0.05) is 18.8 Å². The lowest BCUT2D eigenvalue weighted by molar-refractivity contribution is -0.999. The summed E-state index contributed by atoms with van der Waals surface area (Å²) >= 11 is 0. The molecule has 0 bridgehead atoms. The van der Waals surface area contributed by atoms with Crippen molar-refractivity contribution in [1.82, 2.24) is 4.31 Å². The number of rotatable bonds is 7. The molecule has 1 saturated heterocycles. The molecule has 0 aromatic heterocycles. The van der Waals surface area contributed by atoms with Gasteiger partial charge in [-0.25, -0.2) is 8.42 Å². The number of nitrogens with zero attached hydrogens (tertiary/aromatic N) is 1. The molecule has 1 heterocycles. The van der Waals surface area contributed by atoms with Gasteiger partial charge < -0.3 is 15.1 Å². The van der Waals surface area contributed by atoms with E-state index in [1.807, 2.05) is 13.8 Å². The van der Waals surface area contributed by atoms with Crippen LogP contribution in [0.3, 0.4) is 0 Å². The third-order valence-corrected chi connectivity index (χ3v) is 7.21. The largest absolute Gasteiger partial charge is 0.328 e. The molecular weight excluding hydrogens is 352 g/mol. The summed E-state index contributed by atoms with van der Waals surface area (Å²) in [6.07, 6.45) is 0. The van der Waals surface area contributed by atoms with E-state index < -0.39 is 10.0 Å². The molecule has 26 heavy (non-hydrogen) atoms. The summed E-state index contributed by atoms with van der Waals surface area (Å²) in [4.78, 5) is 15.4. The SMILES string of the molecule is CCN(CC)S(=O)(=O)c1cc(NC(=O)C[NH+]2CC[NH+](C)CC2)ccc1C. The summed E-state index contributed by atoms with van der Waals surface area (Å²) in [5, 5.41) is 2.87. The number of likely N-dealkylation sites (N-methyl/N-ethyl adjacent to an activating group) is 1. The van der Waals surface area contributed by atoms with Crippen LogP contribution in [0.4, 0.5) is 5.69 Å². The Kier molecular flexibility index (Phi) is 7.16. The van der Waals surface area contributed by atoms with Crippen molar-refractivity contribution in [2.45, 2.75) is 25.7 Å². The Bertz CT molecular complexity index is 724. The molecule has 1 amide bonds. The van der Waals surface area contributed by atoms with Crippen molar-refractivity contribution in [3.8, 4) is 0 Å². The van der Waals surface area contributed by atoms with Gasteiger partial charge in [0.2, 0.25) is 10.0 Å². The fraction of sp³-hybridized carbons (Fsp3) is 0.611. The fourth-order valence-electron chi connectivity index (χ4n) is 3.30. The lowest BCUT2D eigenvalue weighted by atomic mass is 10.2. The molecule has 1 aliphatic rings. The molecular formula is C18H32N4O3S+2. The van der Waals surface area contributed by atoms with Crippen LogP contribution in [-0.2, 0) is 14.8 Å². The summed E-state index contributed by atoms with van der Waals surface area (Å²) in [6.45, 7) is 10.8. The molecule has 1 aromatic carbocycles. The van der Waals surface area contributed by atoms with Gasteiger partial charge in [0.1, 0.15) is 26.2 Å². The topological polar surface area (TPSA) is 75.4 Å². The highest BCUT2D eigenvalue weighted by molar-refractivity contribution is 7.89. The number of carbonyl (C=O) groups is 1. The first-order chi connectivity index (χ1) is 12.3. The van der Waals surface area contributed by atoms with E-state index in [2.05, 4.69) is 12.4 Å². The smallest absolute Gasteiger partial charge is 0.279 e. The predicted molar refractivity (Wildman–Crippen MR) is 102 cm³/mol. The number of anilines is 1. The van der Waals surface area contributed by atoms with Gasteiger partial charge in [0.25, 0.3) is 5.91 Å². The van der Waals surface area contributed by atoms with Crippen molar-refractivity contribution in [1.29, 1.82) is 0 Å². The number of benzene rings is 1. The molecule has 0 radical (unpaired) electrons. The lowest BCUT2D eigenvalue weighted by Crippen LogP contribution is -3.27. The van der Waals surface area contributed by atoms with Crippen molar-refractivity contribution < 1.29 is 23.0 Å². The van der Waals surface area contributed by atoms with E-state index >= 15 is 0 Å². The molecule has 1 fully saturated rings. The zero-order valence-corrected chi connectivity index (χ0v) is 17.1. The fourth-order valence-corrected chi connectivity index (χ4v) is 5.01. The van der Waals surface area contributed by atoms with Crippen LogP contribution in [0.25, 0.3) is 0 Å². The molecule has 1 aromatic rings. The first-order valence-electron chi connectivity index (χ1n) is 9.33. The number of hydrogen-bond acceptors (Lipinski definition) is 3. The second kappa shape index (κ2) is 8.94. The van der Waals surface area contributed by atoms with Crippen molar-refractivity contribution in [2.75, 3.05) is 58.2 Å². The standard InChI is InChI=1S/C18H30N4O3S/c1-5-22(6-2)26(24,25)17-13-16(8-7-15(17)3)19-18(23)14-21-11-9-20(4)10-12-21/h7-8,13H,5-6,9-12,14H2,1-4H3,(H,19,23)/p+2. The van der Waals surface area contributed by atoms with Crippen LogP contribution in [-0.4, -0.2) is 71.5 Å². The number of aryl methyl sites for hydroxylation is 1. The van der Waals surface area contributed by atoms with Gasteiger partial charge in [-0.05, 0) is 24.6 Å². The summed E-state index contributed by atoms with van der Waals surface area (Å²) < 4.78 is 27.0. The molecule has 0 spiro atoms. The Morgan fingerprint density at radius 1 is 1.15 bits per heavy atom. The monoisotopic (exact) mass is 384 g/mol. The van der Waals surface area contributed by atoms with Crippen molar-refractivity contribution >= 4 is 21.6 Å². The predicted octanol–water partition coefficient (Wildman–Crippen LogP) is -1.62. The second-order valence-corrected chi connectivity index (χ2v) is 8.91. The van der Waals surface area contributed by atoms with Gasteiger partial charge in [-0.15, -0.1) is 0 Å². The molecule has 0 atom stereocenters. The Labute approximate surface area is 157 Å². The number of carbonyl (C=O) groups excluding carboxylic acids is 1. The molecule has 3 N–H and O–H groups in total. The molecule has 7 nitrogen and oxygen atoms in total. The third-order valence-electron chi connectivity index (χ3n) is 5.02. The quantitative estimate of drug-likeness (QED) is 0.529. The normalized spacial score (nSPS) is 21.0. The molecule has 0 unspecified atom stereocenters. The van der Waals surface area contributed by atoms with Crippen molar-refractivity contribution in [3.63, 3.8) is 0 Å². The molecule has 0 saturated carbocycles. The average molecular weight is 385 g/mol. The maximum Gasteiger partial charge on any atom is 0.279 e. The summed E-state index contributed by atoms with van der Waals surface area (Å²) in [5.74, 6) is -0.0745. The van der Waals surface area contributed by atoms with E-state index in [1.54, 1.807) is 25.1 Å². The van der Waals surface area contributed by atoms with E-state index in [0.29, 0.717) is 30.9 Å². The number of quaternary nitrogens is 2. The number of sulfonamides is 1. The van der Waals surface area contributed by atoms with Gasteiger partial charge in [-0.2, -0.15) is 4.31 Å². The third kappa shape index (κ3) is 5.03. The highest BCUT2D eigenvalue weighted by atomic mass is 32.2. The number of hydrogen-bond donors (Lipinski definition) is 3. The van der Waals surface area contributed by atoms with E-state index in [1.165, 1.54) is 14.1 Å². The van der Waals surface area contributed by atoms with E-state index in [0.717, 1.165) is 26.2 Å². The molecule has 1 aliphatic heterocycles. The Morgan fingerprint density at radius 3 is 2.35 bits per heavy atom. The first-order valence-corrected chi connectivity index (χ1v) is 10.8. The molecule has 0 aliphatic carbocycles. The van der Waals surface area contributed by atoms with Crippen molar-refractivity contribution in [2.24, 2.45) is 0 Å². The molecule has 146 valence electrons. The van der Waals surface area contributed by atoms with E-state index in [4.69, 9.17) is 0 Å². The van der Waals surface area contributed by atoms with Crippen LogP contribution in [0.1, 0.15) is 19.4 Å². The second-order valence-electron chi connectivity index (χ2n) is 7.00.